The number of alkyl carbamates (subject to hydrolysis) is 1. The van der Waals surface area contributed by atoms with Crippen molar-refractivity contribution in [2.45, 2.75) is 45.3 Å². The molecule has 4 N–H and O–H groups in total. The van der Waals surface area contributed by atoms with Gasteiger partial charge in [0.15, 0.2) is 6.10 Å². The predicted octanol–water partition coefficient (Wildman–Crippen LogP) is 2.89. The zero-order chi connectivity index (χ0) is 24.4. The number of rotatable bonds is 8. The molecule has 1 unspecified atom stereocenters. The van der Waals surface area contributed by atoms with Crippen LogP contribution in [0.15, 0.2) is 48.5 Å². The quantitative estimate of drug-likeness (QED) is 0.486. The molecule has 8 heteroatoms. The number of fused-ring (bicyclic) bond motifs is 3. The smallest absolute Gasteiger partial charge is 0.407 e. The molecule has 3 rings (SSSR count). The second-order valence-electron chi connectivity index (χ2n) is 9.26. The van der Waals surface area contributed by atoms with E-state index in [9.17, 15) is 19.5 Å². The van der Waals surface area contributed by atoms with Crippen molar-refractivity contribution >= 4 is 18.0 Å². The molecule has 8 nitrogen and oxygen atoms in total. The highest BCUT2D eigenvalue weighted by Gasteiger charge is 2.45. The first-order valence-corrected chi connectivity index (χ1v) is 10.8. The summed E-state index contributed by atoms with van der Waals surface area (Å²) in [6, 6.07) is 16.1. The van der Waals surface area contributed by atoms with Crippen LogP contribution in [0.25, 0.3) is 11.1 Å². The summed E-state index contributed by atoms with van der Waals surface area (Å²) in [5.41, 5.74) is 2.29. The Kier molecular flexibility index (Phi) is 6.78. The minimum absolute atomic E-state index is 0.0833. The Balaban J connectivity index is 1.64. The van der Waals surface area contributed by atoms with Gasteiger partial charge in [0.05, 0.1) is 17.5 Å². The van der Waals surface area contributed by atoms with Crippen LogP contribution in [0.4, 0.5) is 4.79 Å². The third kappa shape index (κ3) is 4.85. The Morgan fingerprint density at radius 2 is 1.48 bits per heavy atom. The molecule has 1 atom stereocenters. The van der Waals surface area contributed by atoms with Gasteiger partial charge in [0.25, 0.3) is 0 Å². The van der Waals surface area contributed by atoms with Crippen LogP contribution in [0, 0.1) is 5.41 Å². The van der Waals surface area contributed by atoms with E-state index in [0.29, 0.717) is 0 Å². The summed E-state index contributed by atoms with van der Waals surface area (Å²) in [7, 11) is 0. The summed E-state index contributed by atoms with van der Waals surface area (Å²) in [6.07, 6.45) is -2.36. The molecule has 2 aromatic carbocycles. The number of aliphatic carboxylic acids is 1. The molecular weight excluding hydrogens is 424 g/mol. The number of benzene rings is 2. The number of hydrogen-bond donors (Lipinski definition) is 4. The van der Waals surface area contributed by atoms with Gasteiger partial charge in [0.1, 0.15) is 6.61 Å². The number of nitrogens with one attached hydrogen (secondary N) is 2. The van der Waals surface area contributed by atoms with Gasteiger partial charge >= 0.3 is 12.1 Å². The zero-order valence-electron chi connectivity index (χ0n) is 19.2. The lowest BCUT2D eigenvalue weighted by Crippen LogP contribution is -2.60. The molecule has 2 amide bonds. The first-order valence-electron chi connectivity index (χ1n) is 10.8. The normalized spacial score (nSPS) is 14.1. The molecule has 2 aromatic rings. The highest BCUT2D eigenvalue weighted by atomic mass is 16.5. The number of carbonyl (C=O) groups is 3. The van der Waals surface area contributed by atoms with E-state index < -0.39 is 41.6 Å². The van der Waals surface area contributed by atoms with Gasteiger partial charge in [-0.05, 0) is 49.9 Å². The zero-order valence-corrected chi connectivity index (χ0v) is 19.2. The standard InChI is InChI=1S/C25H30N2O6/c1-24(2,22(31)26-13-20(28)21(29)30)25(3,4)27-23(32)33-14-19-17-11-7-5-9-15(17)16-10-6-8-12-18(16)19/h5-12,19-20,28H,13-14H2,1-4H3,(H,26,31)(H,27,32)(H,29,30). The van der Waals surface area contributed by atoms with E-state index in [1.54, 1.807) is 27.7 Å². The van der Waals surface area contributed by atoms with Crippen LogP contribution in [0.3, 0.4) is 0 Å². The summed E-state index contributed by atoms with van der Waals surface area (Å²) in [4.78, 5) is 36.1. The topological polar surface area (TPSA) is 125 Å². The number of carbonyl (C=O) groups excluding carboxylic acids is 2. The van der Waals surface area contributed by atoms with E-state index in [0.717, 1.165) is 22.3 Å². The number of ether oxygens (including phenoxy) is 1. The molecule has 1 aliphatic carbocycles. The first kappa shape index (κ1) is 24.3. The van der Waals surface area contributed by atoms with Gasteiger partial charge < -0.3 is 25.6 Å². The van der Waals surface area contributed by atoms with Crippen LogP contribution in [0.2, 0.25) is 0 Å². The van der Waals surface area contributed by atoms with Gasteiger partial charge in [-0.2, -0.15) is 0 Å². The van der Waals surface area contributed by atoms with Gasteiger partial charge in [-0.1, -0.05) is 48.5 Å². The van der Waals surface area contributed by atoms with Gasteiger partial charge in [-0.15, -0.1) is 0 Å². The van der Waals surface area contributed by atoms with E-state index in [1.165, 1.54) is 0 Å². The van der Waals surface area contributed by atoms with Crippen molar-refractivity contribution in [3.8, 4) is 11.1 Å². The summed E-state index contributed by atoms with van der Waals surface area (Å²) < 4.78 is 5.58. The van der Waals surface area contributed by atoms with Crippen molar-refractivity contribution in [1.29, 1.82) is 0 Å². The highest BCUT2D eigenvalue weighted by molar-refractivity contribution is 5.85. The first-order chi connectivity index (χ1) is 15.5. The molecule has 0 aliphatic heterocycles. The number of carboxylic acids is 1. The maximum Gasteiger partial charge on any atom is 0.407 e. The van der Waals surface area contributed by atoms with Crippen LogP contribution < -0.4 is 10.6 Å². The maximum absolute atomic E-state index is 12.7. The minimum atomic E-state index is -1.71. The second kappa shape index (κ2) is 9.23. The minimum Gasteiger partial charge on any atom is -0.479 e. The SMILES string of the molecule is CC(C)(NC(=O)OCC1c2ccccc2-c2ccccc21)C(C)(C)C(=O)NCC(O)C(=O)O. The maximum atomic E-state index is 12.7. The molecule has 0 bridgehead atoms. The Morgan fingerprint density at radius 3 is 2.00 bits per heavy atom. The Morgan fingerprint density at radius 1 is 0.970 bits per heavy atom. The third-order valence-corrected chi connectivity index (χ3v) is 6.63. The molecule has 176 valence electrons. The van der Waals surface area contributed by atoms with Gasteiger partial charge in [-0.25, -0.2) is 9.59 Å². The van der Waals surface area contributed by atoms with Crippen LogP contribution in [0.5, 0.6) is 0 Å². The van der Waals surface area contributed by atoms with E-state index in [1.807, 2.05) is 36.4 Å². The summed E-state index contributed by atoms with van der Waals surface area (Å²) in [6.45, 7) is 6.33. The molecule has 1 aliphatic rings. The van der Waals surface area contributed by atoms with Crippen molar-refractivity contribution in [2.24, 2.45) is 5.41 Å². The molecule has 0 aromatic heterocycles. The van der Waals surface area contributed by atoms with Gasteiger partial charge in [0, 0.05) is 5.92 Å². The molecule has 0 saturated carbocycles. The van der Waals surface area contributed by atoms with E-state index in [-0.39, 0.29) is 12.5 Å². The number of carboxylic acid groups (broad SMARTS) is 1. The molecule has 0 heterocycles. The lowest BCUT2D eigenvalue weighted by Gasteiger charge is -2.40. The fourth-order valence-corrected chi connectivity index (χ4v) is 3.83. The third-order valence-electron chi connectivity index (χ3n) is 6.63. The lowest BCUT2D eigenvalue weighted by molar-refractivity contribution is -0.146. The number of amides is 2. The fourth-order valence-electron chi connectivity index (χ4n) is 3.83. The predicted molar refractivity (Wildman–Crippen MR) is 123 cm³/mol. The van der Waals surface area contributed by atoms with Crippen LogP contribution in [0.1, 0.15) is 44.7 Å². The van der Waals surface area contributed by atoms with E-state index >= 15 is 0 Å². The molecule has 0 fully saturated rings. The number of aliphatic hydroxyl groups excluding tert-OH is 1. The average Bonchev–Trinajstić information content (AvgIpc) is 3.09. The summed E-state index contributed by atoms with van der Waals surface area (Å²) in [5, 5.41) is 23.4. The monoisotopic (exact) mass is 454 g/mol. The van der Waals surface area contributed by atoms with Crippen molar-refractivity contribution in [2.75, 3.05) is 13.2 Å². The van der Waals surface area contributed by atoms with Crippen LogP contribution in [-0.4, -0.2) is 53.0 Å². The molecular formula is C25H30N2O6. The molecule has 0 radical (unpaired) electrons. The Labute approximate surface area is 193 Å². The van der Waals surface area contributed by atoms with Gasteiger partial charge in [0.2, 0.25) is 5.91 Å². The summed E-state index contributed by atoms with van der Waals surface area (Å²) >= 11 is 0. The average molecular weight is 455 g/mol. The van der Waals surface area contributed by atoms with Crippen molar-refractivity contribution in [1.82, 2.24) is 10.6 Å². The Hall–Kier alpha value is -3.39. The highest BCUT2D eigenvalue weighted by Crippen LogP contribution is 2.44. The lowest BCUT2D eigenvalue weighted by atomic mass is 9.73. The van der Waals surface area contributed by atoms with Crippen molar-refractivity contribution < 1.29 is 29.3 Å². The second-order valence-corrected chi connectivity index (χ2v) is 9.26. The van der Waals surface area contributed by atoms with Crippen LogP contribution >= 0.6 is 0 Å². The van der Waals surface area contributed by atoms with Crippen molar-refractivity contribution in [3.05, 3.63) is 59.7 Å². The molecule has 0 spiro atoms. The molecule has 33 heavy (non-hydrogen) atoms. The summed E-state index contributed by atoms with van der Waals surface area (Å²) in [5.74, 6) is -2.02. The van der Waals surface area contributed by atoms with E-state index in [4.69, 9.17) is 9.84 Å². The van der Waals surface area contributed by atoms with Crippen LogP contribution in [-0.2, 0) is 14.3 Å². The van der Waals surface area contributed by atoms with Gasteiger partial charge in [-0.3, -0.25) is 4.79 Å². The fraction of sp³-hybridized carbons (Fsp3) is 0.400. The van der Waals surface area contributed by atoms with E-state index in [2.05, 4.69) is 22.8 Å². The number of hydrogen-bond acceptors (Lipinski definition) is 5. The largest absolute Gasteiger partial charge is 0.479 e. The van der Waals surface area contributed by atoms with Crippen molar-refractivity contribution in [3.63, 3.8) is 0 Å². The Bertz CT molecular complexity index is 1020. The molecule has 0 saturated heterocycles. The number of aliphatic hydroxyl groups is 1.